The number of hydrogen-bond donors (Lipinski definition) is 1. The van der Waals surface area contributed by atoms with Crippen molar-refractivity contribution in [2.45, 2.75) is 38.1 Å². The van der Waals surface area contributed by atoms with Crippen LogP contribution in [0.4, 0.5) is 0 Å². The number of halogens is 1. The van der Waals surface area contributed by atoms with E-state index in [0.717, 1.165) is 17.4 Å². The Hall–Kier alpha value is -0.380. The van der Waals surface area contributed by atoms with Crippen molar-refractivity contribution in [3.05, 3.63) is 34.3 Å². The summed E-state index contributed by atoms with van der Waals surface area (Å²) in [7, 11) is 0. The fourth-order valence-corrected chi connectivity index (χ4v) is 3.19. The molecule has 3 heteroatoms. The summed E-state index contributed by atoms with van der Waals surface area (Å²) in [6.45, 7) is 3.63. The molecule has 2 rings (SSSR count). The molecule has 1 atom stereocenters. The van der Waals surface area contributed by atoms with Crippen LogP contribution in [0.25, 0.3) is 0 Å². The highest BCUT2D eigenvalue weighted by atomic mass is 79.9. The fourth-order valence-electron chi connectivity index (χ4n) is 2.61. The third-order valence-electron chi connectivity index (χ3n) is 3.76. The Morgan fingerprint density at radius 1 is 1.11 bits per heavy atom. The van der Waals surface area contributed by atoms with Gasteiger partial charge in [-0.25, -0.2) is 0 Å². The molecule has 1 unspecified atom stereocenters. The Balaban J connectivity index is 1.84. The van der Waals surface area contributed by atoms with Gasteiger partial charge in [0.1, 0.15) is 0 Å². The van der Waals surface area contributed by atoms with E-state index in [0.29, 0.717) is 0 Å². The first-order valence-corrected chi connectivity index (χ1v) is 7.79. The highest BCUT2D eigenvalue weighted by Gasteiger charge is 2.13. The van der Waals surface area contributed by atoms with Crippen molar-refractivity contribution in [3.8, 4) is 0 Å². The molecular formula is C15H23BrN2. The number of nitrogens with zero attached hydrogens (tertiary/aromatic N) is 1. The van der Waals surface area contributed by atoms with E-state index in [1.54, 1.807) is 0 Å². The molecule has 0 aromatic heterocycles. The summed E-state index contributed by atoms with van der Waals surface area (Å²) in [6.07, 6.45) is 6.54. The predicted octanol–water partition coefficient (Wildman–Crippen LogP) is 3.72. The van der Waals surface area contributed by atoms with E-state index in [1.165, 1.54) is 44.3 Å². The third kappa shape index (κ3) is 4.08. The number of nitrogens with two attached hydrogens (primary N) is 1. The Kier molecular flexibility index (Phi) is 5.67. The molecule has 0 saturated carbocycles. The molecule has 0 spiro atoms. The first kappa shape index (κ1) is 14.0. The van der Waals surface area contributed by atoms with Crippen molar-refractivity contribution in [2.75, 3.05) is 19.6 Å². The largest absolute Gasteiger partial charge is 0.324 e. The molecule has 0 aliphatic carbocycles. The highest BCUT2D eigenvalue weighted by molar-refractivity contribution is 9.10. The quantitative estimate of drug-likeness (QED) is 0.918. The molecule has 100 valence electrons. The zero-order chi connectivity index (χ0) is 12.8. The highest BCUT2D eigenvalue weighted by Crippen LogP contribution is 2.24. The topological polar surface area (TPSA) is 29.3 Å². The molecule has 0 bridgehead atoms. The molecule has 18 heavy (non-hydrogen) atoms. The van der Waals surface area contributed by atoms with Crippen LogP contribution in [0.3, 0.4) is 0 Å². The van der Waals surface area contributed by atoms with Gasteiger partial charge in [-0.15, -0.1) is 0 Å². The second-order valence-electron chi connectivity index (χ2n) is 5.17. The van der Waals surface area contributed by atoms with Crippen molar-refractivity contribution < 1.29 is 0 Å². The number of benzene rings is 1. The van der Waals surface area contributed by atoms with Crippen LogP contribution in [0.1, 0.15) is 43.7 Å². The van der Waals surface area contributed by atoms with E-state index in [9.17, 15) is 0 Å². The molecule has 1 aliphatic heterocycles. The zero-order valence-corrected chi connectivity index (χ0v) is 12.5. The van der Waals surface area contributed by atoms with E-state index in [2.05, 4.69) is 39.0 Å². The maximum Gasteiger partial charge on any atom is 0.0318 e. The molecule has 1 aromatic rings. The summed E-state index contributed by atoms with van der Waals surface area (Å²) in [6, 6.07) is 8.43. The van der Waals surface area contributed by atoms with Gasteiger partial charge in [-0.2, -0.15) is 0 Å². The standard InChI is InChI=1S/C15H23BrN2/c16-14-8-4-3-7-13(14)15(17)9-12-18-10-5-1-2-6-11-18/h3-4,7-8,15H,1-2,5-6,9-12,17H2. The first-order valence-electron chi connectivity index (χ1n) is 7.00. The summed E-state index contributed by atoms with van der Waals surface area (Å²) in [4.78, 5) is 2.57. The Bertz CT molecular complexity index is 359. The van der Waals surface area contributed by atoms with Gasteiger partial charge in [0, 0.05) is 10.5 Å². The van der Waals surface area contributed by atoms with Crippen LogP contribution in [0, 0.1) is 0 Å². The molecule has 1 aromatic carbocycles. The van der Waals surface area contributed by atoms with Gasteiger partial charge in [0.25, 0.3) is 0 Å². The van der Waals surface area contributed by atoms with E-state index >= 15 is 0 Å². The van der Waals surface area contributed by atoms with Gasteiger partial charge in [0.05, 0.1) is 0 Å². The zero-order valence-electron chi connectivity index (χ0n) is 10.9. The van der Waals surface area contributed by atoms with E-state index in [-0.39, 0.29) is 6.04 Å². The van der Waals surface area contributed by atoms with Gasteiger partial charge in [-0.3, -0.25) is 0 Å². The summed E-state index contributed by atoms with van der Waals surface area (Å²) in [5.41, 5.74) is 7.52. The second kappa shape index (κ2) is 7.27. The summed E-state index contributed by atoms with van der Waals surface area (Å²) in [5.74, 6) is 0. The van der Waals surface area contributed by atoms with Crippen LogP contribution in [0.15, 0.2) is 28.7 Å². The number of likely N-dealkylation sites (tertiary alicyclic amines) is 1. The molecule has 1 heterocycles. The second-order valence-corrected chi connectivity index (χ2v) is 6.03. The molecule has 1 saturated heterocycles. The van der Waals surface area contributed by atoms with Crippen LogP contribution in [0.2, 0.25) is 0 Å². The van der Waals surface area contributed by atoms with E-state index in [1.807, 2.05) is 6.07 Å². The Morgan fingerprint density at radius 3 is 2.44 bits per heavy atom. The van der Waals surface area contributed by atoms with Gasteiger partial charge in [-0.05, 0) is 50.5 Å². The molecule has 0 amide bonds. The third-order valence-corrected chi connectivity index (χ3v) is 4.48. The van der Waals surface area contributed by atoms with E-state index in [4.69, 9.17) is 5.73 Å². The lowest BCUT2D eigenvalue weighted by Crippen LogP contribution is -2.28. The maximum atomic E-state index is 6.30. The van der Waals surface area contributed by atoms with Gasteiger partial charge in [-0.1, -0.05) is 47.0 Å². The fraction of sp³-hybridized carbons (Fsp3) is 0.600. The average Bonchev–Trinajstić information content (AvgIpc) is 2.65. The molecule has 2 N–H and O–H groups in total. The van der Waals surface area contributed by atoms with Crippen LogP contribution < -0.4 is 5.73 Å². The van der Waals surface area contributed by atoms with E-state index < -0.39 is 0 Å². The van der Waals surface area contributed by atoms with Crippen LogP contribution in [0.5, 0.6) is 0 Å². The molecule has 1 aliphatic rings. The van der Waals surface area contributed by atoms with Crippen LogP contribution in [-0.4, -0.2) is 24.5 Å². The summed E-state index contributed by atoms with van der Waals surface area (Å²) < 4.78 is 1.13. The Morgan fingerprint density at radius 2 is 1.78 bits per heavy atom. The molecule has 0 radical (unpaired) electrons. The average molecular weight is 311 g/mol. The van der Waals surface area contributed by atoms with Crippen molar-refractivity contribution in [1.82, 2.24) is 4.90 Å². The smallest absolute Gasteiger partial charge is 0.0318 e. The lowest BCUT2D eigenvalue weighted by Gasteiger charge is -2.22. The van der Waals surface area contributed by atoms with Crippen molar-refractivity contribution in [2.24, 2.45) is 5.73 Å². The number of rotatable bonds is 4. The van der Waals surface area contributed by atoms with Gasteiger partial charge < -0.3 is 10.6 Å². The van der Waals surface area contributed by atoms with Gasteiger partial charge in [0.15, 0.2) is 0 Å². The van der Waals surface area contributed by atoms with Crippen LogP contribution >= 0.6 is 15.9 Å². The van der Waals surface area contributed by atoms with Crippen molar-refractivity contribution >= 4 is 15.9 Å². The normalized spacial score (nSPS) is 19.4. The van der Waals surface area contributed by atoms with Crippen molar-refractivity contribution in [1.29, 1.82) is 0 Å². The minimum atomic E-state index is 0.142. The Labute approximate surface area is 119 Å². The summed E-state index contributed by atoms with van der Waals surface area (Å²) >= 11 is 3.58. The predicted molar refractivity (Wildman–Crippen MR) is 80.6 cm³/mol. The minimum absolute atomic E-state index is 0.142. The first-order chi connectivity index (χ1) is 8.77. The van der Waals surface area contributed by atoms with Crippen molar-refractivity contribution in [3.63, 3.8) is 0 Å². The lowest BCUT2D eigenvalue weighted by atomic mass is 10.0. The molecule has 1 fully saturated rings. The summed E-state index contributed by atoms with van der Waals surface area (Å²) in [5, 5.41) is 0. The SMILES string of the molecule is NC(CCN1CCCCCC1)c1ccccc1Br. The maximum absolute atomic E-state index is 6.30. The van der Waals surface area contributed by atoms with Gasteiger partial charge >= 0.3 is 0 Å². The number of hydrogen-bond acceptors (Lipinski definition) is 2. The van der Waals surface area contributed by atoms with Crippen LogP contribution in [-0.2, 0) is 0 Å². The monoisotopic (exact) mass is 310 g/mol. The lowest BCUT2D eigenvalue weighted by molar-refractivity contribution is 0.273. The molecule has 2 nitrogen and oxygen atoms in total. The molecular weight excluding hydrogens is 288 g/mol. The minimum Gasteiger partial charge on any atom is -0.324 e. The van der Waals surface area contributed by atoms with Gasteiger partial charge in [0.2, 0.25) is 0 Å².